The molecule has 1 atom stereocenters. The lowest BCUT2D eigenvalue weighted by molar-refractivity contribution is 0.0280. The number of halogens is 1. The molecule has 4 nitrogen and oxygen atoms in total. The molecule has 0 spiro atoms. The van der Waals surface area contributed by atoms with E-state index in [1.165, 1.54) is 12.3 Å². The molecule has 1 heterocycles. The molecule has 25 heavy (non-hydrogen) atoms. The van der Waals surface area contributed by atoms with E-state index in [9.17, 15) is 9.59 Å². The van der Waals surface area contributed by atoms with Crippen molar-refractivity contribution in [1.29, 1.82) is 0 Å². The van der Waals surface area contributed by atoms with Crippen LogP contribution < -0.4 is 0 Å². The van der Waals surface area contributed by atoms with Crippen molar-refractivity contribution in [3.63, 3.8) is 0 Å². The number of aromatic nitrogens is 1. The fourth-order valence-electron chi connectivity index (χ4n) is 2.36. The lowest BCUT2D eigenvalue weighted by Crippen LogP contribution is -2.20. The van der Waals surface area contributed by atoms with Crippen molar-refractivity contribution < 1.29 is 14.3 Å². The van der Waals surface area contributed by atoms with Crippen LogP contribution in [-0.4, -0.2) is 16.7 Å². The summed E-state index contributed by atoms with van der Waals surface area (Å²) in [7, 11) is 0. The maximum atomic E-state index is 12.9. The van der Waals surface area contributed by atoms with Crippen molar-refractivity contribution in [1.82, 2.24) is 4.98 Å². The molecule has 0 N–H and O–H groups in total. The third kappa shape index (κ3) is 3.92. The summed E-state index contributed by atoms with van der Waals surface area (Å²) in [4.78, 5) is 29.2. The molecule has 0 radical (unpaired) electrons. The monoisotopic (exact) mass is 351 g/mol. The molecule has 0 aliphatic heterocycles. The van der Waals surface area contributed by atoms with Crippen molar-refractivity contribution in [2.45, 2.75) is 6.10 Å². The third-order valence-electron chi connectivity index (χ3n) is 3.60. The first-order valence-corrected chi connectivity index (χ1v) is 8.00. The van der Waals surface area contributed by atoms with E-state index in [4.69, 9.17) is 16.3 Å². The summed E-state index contributed by atoms with van der Waals surface area (Å²) in [6, 6.07) is 20.7. The molecular weight excluding hydrogens is 338 g/mol. The minimum atomic E-state index is -1.06. The van der Waals surface area contributed by atoms with Crippen molar-refractivity contribution in [3.8, 4) is 0 Å². The number of ketones is 1. The Hall–Kier alpha value is -2.98. The quantitative estimate of drug-likeness (QED) is 0.385. The Labute approximate surface area is 150 Å². The van der Waals surface area contributed by atoms with Gasteiger partial charge >= 0.3 is 5.97 Å². The maximum absolute atomic E-state index is 12.9. The predicted octanol–water partition coefficient (Wildman–Crippen LogP) is 4.52. The Morgan fingerprint density at radius 1 is 0.880 bits per heavy atom. The third-order valence-corrected chi connectivity index (χ3v) is 3.90. The normalized spacial score (nSPS) is 11.6. The van der Waals surface area contributed by atoms with Gasteiger partial charge in [0.05, 0.1) is 5.56 Å². The zero-order valence-electron chi connectivity index (χ0n) is 13.1. The number of hydrogen-bond acceptors (Lipinski definition) is 4. The van der Waals surface area contributed by atoms with Gasteiger partial charge in [-0.05, 0) is 12.1 Å². The minimum Gasteiger partial charge on any atom is -0.445 e. The van der Waals surface area contributed by atoms with Gasteiger partial charge in [0, 0.05) is 17.3 Å². The smallest absolute Gasteiger partial charge is 0.342 e. The van der Waals surface area contributed by atoms with Crippen molar-refractivity contribution >= 4 is 23.4 Å². The van der Waals surface area contributed by atoms with Crippen LogP contribution in [0.5, 0.6) is 0 Å². The second-order valence-corrected chi connectivity index (χ2v) is 5.63. The molecule has 0 amide bonds. The lowest BCUT2D eigenvalue weighted by atomic mass is 10.00. The van der Waals surface area contributed by atoms with E-state index in [0.717, 1.165) is 0 Å². The molecule has 5 heteroatoms. The number of carbonyl (C=O) groups is 2. The maximum Gasteiger partial charge on any atom is 0.342 e. The Balaban J connectivity index is 1.94. The summed E-state index contributed by atoms with van der Waals surface area (Å²) >= 11 is 5.95. The summed E-state index contributed by atoms with van der Waals surface area (Å²) < 4.78 is 5.51. The van der Waals surface area contributed by atoms with Crippen LogP contribution in [0.1, 0.15) is 32.4 Å². The van der Waals surface area contributed by atoms with Crippen molar-refractivity contribution in [2.24, 2.45) is 0 Å². The molecule has 0 aliphatic carbocycles. The predicted molar refractivity (Wildman–Crippen MR) is 94.6 cm³/mol. The molecule has 3 aromatic rings. The average molecular weight is 352 g/mol. The molecule has 2 aromatic carbocycles. The fourth-order valence-corrected chi connectivity index (χ4v) is 2.56. The molecule has 124 valence electrons. The number of nitrogens with zero attached hydrogens (tertiary/aromatic N) is 1. The summed E-state index contributed by atoms with van der Waals surface area (Å²) in [5.74, 6) is -1.00. The van der Waals surface area contributed by atoms with E-state index in [2.05, 4.69) is 4.98 Å². The van der Waals surface area contributed by atoms with Crippen LogP contribution in [0.3, 0.4) is 0 Å². The largest absolute Gasteiger partial charge is 0.445 e. The van der Waals surface area contributed by atoms with Gasteiger partial charge in [-0.15, -0.1) is 0 Å². The molecule has 1 unspecified atom stereocenters. The number of carbonyl (C=O) groups excluding carboxylic acids is 2. The molecule has 0 bridgehead atoms. The van der Waals surface area contributed by atoms with Gasteiger partial charge in [0.15, 0.2) is 6.10 Å². The van der Waals surface area contributed by atoms with Crippen LogP contribution in [-0.2, 0) is 4.74 Å². The first kappa shape index (κ1) is 16.9. The van der Waals surface area contributed by atoms with E-state index < -0.39 is 12.1 Å². The fraction of sp³-hybridized carbons (Fsp3) is 0.0500. The number of benzene rings is 2. The SMILES string of the molecule is O=C(OC(C(=O)c1ccccc1)c1ccccc1)c1cccnc1Cl. The number of esters is 1. The van der Waals surface area contributed by atoms with Gasteiger partial charge < -0.3 is 4.74 Å². The number of Topliss-reactive ketones (excluding diaryl/α,β-unsaturated/α-hetero) is 1. The van der Waals surface area contributed by atoms with Gasteiger partial charge in [0.2, 0.25) is 5.78 Å². The molecule has 3 rings (SSSR count). The van der Waals surface area contributed by atoms with Gasteiger partial charge in [-0.1, -0.05) is 72.3 Å². The Morgan fingerprint density at radius 2 is 1.52 bits per heavy atom. The number of rotatable bonds is 5. The van der Waals surface area contributed by atoms with E-state index in [1.54, 1.807) is 54.6 Å². The van der Waals surface area contributed by atoms with Gasteiger partial charge in [0.1, 0.15) is 5.15 Å². The standard InChI is InChI=1S/C20H14ClNO3/c21-19-16(12-7-13-22-19)20(24)25-18(15-10-5-2-6-11-15)17(23)14-8-3-1-4-9-14/h1-13,18H. The topological polar surface area (TPSA) is 56.3 Å². The number of ether oxygens (including phenoxy) is 1. The number of hydrogen-bond donors (Lipinski definition) is 0. The molecule has 0 fully saturated rings. The van der Waals surface area contributed by atoms with Crippen LogP contribution >= 0.6 is 11.6 Å². The number of pyridine rings is 1. The van der Waals surface area contributed by atoms with Crippen LogP contribution in [0.2, 0.25) is 5.15 Å². The average Bonchev–Trinajstić information content (AvgIpc) is 2.67. The Morgan fingerprint density at radius 3 is 2.16 bits per heavy atom. The Bertz CT molecular complexity index is 882. The highest BCUT2D eigenvalue weighted by atomic mass is 35.5. The van der Waals surface area contributed by atoms with E-state index >= 15 is 0 Å². The summed E-state index contributed by atoms with van der Waals surface area (Å²) in [6.07, 6.45) is 0.412. The second kappa shape index (κ2) is 7.73. The molecule has 0 saturated heterocycles. The minimum absolute atomic E-state index is 0.0338. The highest BCUT2D eigenvalue weighted by molar-refractivity contribution is 6.32. The highest BCUT2D eigenvalue weighted by Gasteiger charge is 2.27. The first-order chi connectivity index (χ1) is 12.2. The van der Waals surface area contributed by atoms with Crippen molar-refractivity contribution in [2.75, 3.05) is 0 Å². The van der Waals surface area contributed by atoms with Crippen LogP contribution in [0.25, 0.3) is 0 Å². The summed E-state index contributed by atoms with van der Waals surface area (Å²) in [6.45, 7) is 0. The van der Waals surface area contributed by atoms with Crippen LogP contribution in [0.15, 0.2) is 79.0 Å². The summed E-state index contributed by atoms with van der Waals surface area (Å²) in [5.41, 5.74) is 1.16. The lowest BCUT2D eigenvalue weighted by Gasteiger charge is -2.17. The molecule has 0 saturated carbocycles. The van der Waals surface area contributed by atoms with Gasteiger partial charge in [0.25, 0.3) is 0 Å². The van der Waals surface area contributed by atoms with Gasteiger partial charge in [-0.3, -0.25) is 4.79 Å². The zero-order chi connectivity index (χ0) is 17.6. The summed E-state index contributed by atoms with van der Waals surface area (Å²) in [5, 5.41) is 0.0338. The molecule has 1 aromatic heterocycles. The van der Waals surface area contributed by atoms with E-state index in [0.29, 0.717) is 11.1 Å². The van der Waals surface area contributed by atoms with Gasteiger partial charge in [-0.25, -0.2) is 9.78 Å². The molecule has 0 aliphatic rings. The van der Waals surface area contributed by atoms with Crippen LogP contribution in [0, 0.1) is 0 Å². The van der Waals surface area contributed by atoms with Gasteiger partial charge in [-0.2, -0.15) is 0 Å². The highest BCUT2D eigenvalue weighted by Crippen LogP contribution is 2.25. The van der Waals surface area contributed by atoms with Crippen LogP contribution in [0.4, 0.5) is 0 Å². The zero-order valence-corrected chi connectivity index (χ0v) is 13.9. The van der Waals surface area contributed by atoms with E-state index in [1.807, 2.05) is 12.1 Å². The molecular formula is C20H14ClNO3. The second-order valence-electron chi connectivity index (χ2n) is 5.27. The first-order valence-electron chi connectivity index (χ1n) is 7.62. The van der Waals surface area contributed by atoms with Crippen molar-refractivity contribution in [3.05, 3.63) is 101 Å². The Kier molecular flexibility index (Phi) is 5.21. The van der Waals surface area contributed by atoms with E-state index in [-0.39, 0.29) is 16.5 Å².